The van der Waals surface area contributed by atoms with Gasteiger partial charge in [-0.3, -0.25) is 4.79 Å². The van der Waals surface area contributed by atoms with Gasteiger partial charge in [0.25, 0.3) is 5.91 Å². The molecule has 3 nitrogen and oxygen atoms in total. The molecule has 1 aliphatic heterocycles. The SMILES string of the molecule is Cc1ccc(-c2ccc(C(=O)N3CCCC3CN)c(F)c2)cc1C.Cl. The molecule has 3 rings (SSSR count). The van der Waals surface area contributed by atoms with Crippen LogP contribution in [0.5, 0.6) is 0 Å². The molecule has 1 fully saturated rings. The van der Waals surface area contributed by atoms with Gasteiger partial charge in [-0.15, -0.1) is 12.4 Å². The highest BCUT2D eigenvalue weighted by Gasteiger charge is 2.29. The number of hydrogen-bond donors (Lipinski definition) is 1. The van der Waals surface area contributed by atoms with Gasteiger partial charge in [-0.1, -0.05) is 24.3 Å². The van der Waals surface area contributed by atoms with E-state index in [-0.39, 0.29) is 29.9 Å². The smallest absolute Gasteiger partial charge is 0.257 e. The van der Waals surface area contributed by atoms with Crippen LogP contribution < -0.4 is 5.73 Å². The summed E-state index contributed by atoms with van der Waals surface area (Å²) in [6, 6.07) is 10.9. The van der Waals surface area contributed by atoms with Crippen LogP contribution in [0, 0.1) is 19.7 Å². The van der Waals surface area contributed by atoms with Gasteiger partial charge in [0, 0.05) is 19.1 Å². The van der Waals surface area contributed by atoms with Gasteiger partial charge in [-0.25, -0.2) is 4.39 Å². The first-order chi connectivity index (χ1) is 11.5. The minimum Gasteiger partial charge on any atom is -0.334 e. The molecule has 0 aliphatic carbocycles. The summed E-state index contributed by atoms with van der Waals surface area (Å²) in [5.74, 6) is -0.731. The number of benzene rings is 2. The third-order valence-corrected chi connectivity index (χ3v) is 4.95. The monoisotopic (exact) mass is 362 g/mol. The van der Waals surface area contributed by atoms with Crippen LogP contribution in [-0.2, 0) is 0 Å². The molecule has 2 aromatic rings. The molecule has 0 saturated carbocycles. The summed E-state index contributed by atoms with van der Waals surface area (Å²) in [4.78, 5) is 14.3. The van der Waals surface area contributed by atoms with Gasteiger partial charge < -0.3 is 10.6 Å². The summed E-state index contributed by atoms with van der Waals surface area (Å²) in [6.45, 7) is 5.16. The molecule has 0 aromatic heterocycles. The number of carbonyl (C=O) groups excluding carboxylic acids is 1. The van der Waals surface area contributed by atoms with Crippen LogP contribution in [0.15, 0.2) is 36.4 Å². The second-order valence-corrected chi connectivity index (χ2v) is 6.52. The van der Waals surface area contributed by atoms with Gasteiger partial charge in [0.2, 0.25) is 0 Å². The molecule has 1 amide bonds. The van der Waals surface area contributed by atoms with Gasteiger partial charge in [0.05, 0.1) is 5.56 Å². The van der Waals surface area contributed by atoms with E-state index < -0.39 is 5.82 Å². The van der Waals surface area contributed by atoms with E-state index in [1.807, 2.05) is 38.1 Å². The average molecular weight is 363 g/mol. The standard InChI is InChI=1S/C20H23FN2O.ClH/c1-13-5-6-15(10-14(13)2)16-7-8-18(19(21)11-16)20(24)23-9-3-4-17(23)12-22;/h5-8,10-11,17H,3-4,9,12,22H2,1-2H3;1H. The second kappa shape index (κ2) is 7.98. The number of likely N-dealkylation sites (tertiary alicyclic amines) is 1. The Balaban J connectivity index is 0.00000225. The fraction of sp³-hybridized carbons (Fsp3) is 0.350. The third kappa shape index (κ3) is 3.86. The number of nitrogens with two attached hydrogens (primary N) is 1. The fourth-order valence-electron chi connectivity index (χ4n) is 3.29. The average Bonchev–Trinajstić information content (AvgIpc) is 3.05. The Morgan fingerprint density at radius 1 is 1.16 bits per heavy atom. The van der Waals surface area contributed by atoms with Gasteiger partial charge >= 0.3 is 0 Å². The normalized spacial score (nSPS) is 16.6. The number of amides is 1. The van der Waals surface area contributed by atoms with Crippen molar-refractivity contribution in [1.82, 2.24) is 4.90 Å². The van der Waals surface area contributed by atoms with E-state index in [0.717, 1.165) is 29.5 Å². The lowest BCUT2D eigenvalue weighted by molar-refractivity contribution is 0.0736. The minimum atomic E-state index is -0.474. The van der Waals surface area contributed by atoms with Crippen molar-refractivity contribution in [2.75, 3.05) is 13.1 Å². The number of halogens is 2. The van der Waals surface area contributed by atoms with E-state index in [0.29, 0.717) is 13.1 Å². The van der Waals surface area contributed by atoms with Crippen LogP contribution in [0.1, 0.15) is 34.3 Å². The van der Waals surface area contributed by atoms with E-state index in [1.165, 1.54) is 11.6 Å². The van der Waals surface area contributed by atoms with Crippen molar-refractivity contribution < 1.29 is 9.18 Å². The maximum atomic E-state index is 14.6. The van der Waals surface area contributed by atoms with Crippen LogP contribution >= 0.6 is 12.4 Å². The first-order valence-corrected chi connectivity index (χ1v) is 8.39. The Kier molecular flexibility index (Phi) is 6.20. The van der Waals surface area contributed by atoms with Crippen molar-refractivity contribution in [2.45, 2.75) is 32.7 Å². The molecule has 134 valence electrons. The number of aryl methyl sites for hydroxylation is 2. The molecule has 1 saturated heterocycles. The quantitative estimate of drug-likeness (QED) is 0.893. The van der Waals surface area contributed by atoms with Crippen LogP contribution in [0.2, 0.25) is 0 Å². The lowest BCUT2D eigenvalue weighted by atomic mass is 9.99. The van der Waals surface area contributed by atoms with Gasteiger partial charge in [-0.05, 0) is 61.1 Å². The summed E-state index contributed by atoms with van der Waals surface area (Å²) >= 11 is 0. The van der Waals surface area contributed by atoms with Gasteiger partial charge in [0.15, 0.2) is 0 Å². The molecule has 1 heterocycles. The van der Waals surface area contributed by atoms with Crippen LogP contribution in [0.25, 0.3) is 11.1 Å². The Bertz CT molecular complexity index is 778. The lowest BCUT2D eigenvalue weighted by Crippen LogP contribution is -2.40. The van der Waals surface area contributed by atoms with Crippen LogP contribution in [-0.4, -0.2) is 29.9 Å². The van der Waals surface area contributed by atoms with Crippen molar-refractivity contribution >= 4 is 18.3 Å². The maximum Gasteiger partial charge on any atom is 0.257 e. The predicted octanol–water partition coefficient (Wildman–Crippen LogP) is 4.09. The number of nitrogens with zero attached hydrogens (tertiary/aromatic N) is 1. The fourth-order valence-corrected chi connectivity index (χ4v) is 3.29. The summed E-state index contributed by atoms with van der Waals surface area (Å²) in [5.41, 5.74) is 9.95. The Labute approximate surface area is 154 Å². The molecule has 0 bridgehead atoms. The molecular weight excluding hydrogens is 339 g/mol. The maximum absolute atomic E-state index is 14.6. The summed E-state index contributed by atoms with van der Waals surface area (Å²) in [5, 5.41) is 0. The molecular formula is C20H24ClFN2O. The highest BCUT2D eigenvalue weighted by molar-refractivity contribution is 5.95. The summed E-state index contributed by atoms with van der Waals surface area (Å²) < 4.78 is 14.6. The van der Waals surface area contributed by atoms with Crippen molar-refractivity contribution in [1.29, 1.82) is 0 Å². The molecule has 2 aromatic carbocycles. The third-order valence-electron chi connectivity index (χ3n) is 4.95. The van der Waals surface area contributed by atoms with Crippen LogP contribution in [0.4, 0.5) is 4.39 Å². The molecule has 1 aliphatic rings. The van der Waals surface area contributed by atoms with Crippen molar-refractivity contribution in [3.05, 3.63) is 58.9 Å². The zero-order chi connectivity index (χ0) is 17.3. The Morgan fingerprint density at radius 2 is 1.84 bits per heavy atom. The van der Waals surface area contributed by atoms with Crippen molar-refractivity contribution in [3.63, 3.8) is 0 Å². The minimum absolute atomic E-state index is 0. The molecule has 2 N–H and O–H groups in total. The van der Waals surface area contributed by atoms with E-state index in [4.69, 9.17) is 5.73 Å². The molecule has 1 unspecified atom stereocenters. The molecule has 1 atom stereocenters. The van der Waals surface area contributed by atoms with E-state index >= 15 is 0 Å². The predicted molar refractivity (Wildman–Crippen MR) is 102 cm³/mol. The van der Waals surface area contributed by atoms with Gasteiger partial charge in [0.1, 0.15) is 5.82 Å². The zero-order valence-corrected chi connectivity index (χ0v) is 15.4. The van der Waals surface area contributed by atoms with Crippen LogP contribution in [0.3, 0.4) is 0 Å². The highest BCUT2D eigenvalue weighted by Crippen LogP contribution is 2.26. The van der Waals surface area contributed by atoms with E-state index in [9.17, 15) is 9.18 Å². The number of rotatable bonds is 3. The first-order valence-electron chi connectivity index (χ1n) is 8.39. The summed E-state index contributed by atoms with van der Waals surface area (Å²) in [7, 11) is 0. The van der Waals surface area contributed by atoms with Crippen molar-refractivity contribution in [2.24, 2.45) is 5.73 Å². The second-order valence-electron chi connectivity index (χ2n) is 6.52. The van der Waals surface area contributed by atoms with E-state index in [2.05, 4.69) is 0 Å². The highest BCUT2D eigenvalue weighted by atomic mass is 35.5. The topological polar surface area (TPSA) is 46.3 Å². The summed E-state index contributed by atoms with van der Waals surface area (Å²) in [6.07, 6.45) is 1.82. The number of hydrogen-bond acceptors (Lipinski definition) is 2. The Morgan fingerprint density at radius 3 is 2.48 bits per heavy atom. The number of carbonyl (C=O) groups is 1. The lowest BCUT2D eigenvalue weighted by Gasteiger charge is -2.23. The molecule has 0 spiro atoms. The van der Waals surface area contributed by atoms with Gasteiger partial charge in [-0.2, -0.15) is 0 Å². The largest absolute Gasteiger partial charge is 0.334 e. The first kappa shape index (κ1) is 19.4. The van der Waals surface area contributed by atoms with Crippen molar-refractivity contribution in [3.8, 4) is 11.1 Å². The zero-order valence-electron chi connectivity index (χ0n) is 14.6. The van der Waals surface area contributed by atoms with E-state index in [1.54, 1.807) is 11.0 Å². The molecule has 25 heavy (non-hydrogen) atoms. The molecule has 0 radical (unpaired) electrons. The molecule has 5 heteroatoms. The Hall–Kier alpha value is -1.91.